The van der Waals surface area contributed by atoms with Gasteiger partial charge in [0.1, 0.15) is 5.82 Å². The Morgan fingerprint density at radius 2 is 1.79 bits per heavy atom. The normalized spacial score (nSPS) is 11.1. The third kappa shape index (κ3) is 4.39. The zero-order chi connectivity index (χ0) is 21.2. The molecule has 0 saturated carbocycles. The number of hydrogen-bond donors (Lipinski definition) is 4. The van der Waals surface area contributed by atoms with E-state index in [-0.39, 0.29) is 16.9 Å². The number of aromatic amines is 2. The minimum absolute atomic E-state index is 0.0195. The Bertz CT molecular complexity index is 1280. The van der Waals surface area contributed by atoms with Gasteiger partial charge in [-0.3, -0.25) is 19.3 Å². The molecule has 29 heavy (non-hydrogen) atoms. The molecule has 3 rings (SSSR count). The summed E-state index contributed by atoms with van der Waals surface area (Å²) < 4.78 is 40.0. The lowest BCUT2D eigenvalue weighted by Crippen LogP contribution is -2.37. The van der Waals surface area contributed by atoms with E-state index >= 15 is 0 Å². The predicted molar refractivity (Wildman–Crippen MR) is 102 cm³/mol. The fourth-order valence-corrected chi connectivity index (χ4v) is 3.44. The SMILES string of the molecule is NN(C(=O)c1cccc(NS(=O)(=O)c2c[nH]c(=O)[nH]c2=O)c1)c1ccc(F)cc1. The van der Waals surface area contributed by atoms with Gasteiger partial charge in [-0.2, -0.15) is 0 Å². The molecule has 150 valence electrons. The number of nitrogens with zero attached hydrogens (tertiary/aromatic N) is 1. The topological polar surface area (TPSA) is 158 Å². The standard InChI is InChI=1S/C17H14FN5O5S/c18-11-4-6-13(7-5-11)23(19)16(25)10-2-1-3-12(8-10)22-29(27,28)14-9-20-17(26)21-15(14)24/h1-9,22H,19H2,(H2,20,21,24,26). The Hall–Kier alpha value is -3.77. The van der Waals surface area contributed by atoms with Gasteiger partial charge in [0.05, 0.1) is 5.69 Å². The van der Waals surface area contributed by atoms with Crippen molar-refractivity contribution in [3.63, 3.8) is 0 Å². The summed E-state index contributed by atoms with van der Waals surface area (Å²) in [5, 5.41) is 0.777. The Labute approximate surface area is 162 Å². The van der Waals surface area contributed by atoms with Crippen molar-refractivity contribution < 1.29 is 17.6 Å². The molecule has 0 aliphatic heterocycles. The summed E-state index contributed by atoms with van der Waals surface area (Å²) in [6, 6.07) is 10.3. The molecule has 1 heterocycles. The summed E-state index contributed by atoms with van der Waals surface area (Å²) in [6.45, 7) is 0. The van der Waals surface area contributed by atoms with Gasteiger partial charge in [0.2, 0.25) is 0 Å². The van der Waals surface area contributed by atoms with Crippen LogP contribution in [0.1, 0.15) is 10.4 Å². The molecule has 0 radical (unpaired) electrons. The van der Waals surface area contributed by atoms with Crippen LogP contribution >= 0.6 is 0 Å². The van der Waals surface area contributed by atoms with Crippen molar-refractivity contribution in [2.75, 3.05) is 9.73 Å². The third-order valence-corrected chi connectivity index (χ3v) is 5.15. The number of hydrazine groups is 1. The highest BCUT2D eigenvalue weighted by Crippen LogP contribution is 2.18. The van der Waals surface area contributed by atoms with Crippen molar-refractivity contribution in [3.05, 3.63) is 86.9 Å². The molecule has 0 unspecified atom stereocenters. The van der Waals surface area contributed by atoms with E-state index in [1.165, 1.54) is 36.4 Å². The number of anilines is 2. The minimum Gasteiger partial charge on any atom is -0.313 e. The molecule has 0 bridgehead atoms. The highest BCUT2D eigenvalue weighted by atomic mass is 32.2. The molecule has 5 N–H and O–H groups in total. The maximum atomic E-state index is 13.0. The van der Waals surface area contributed by atoms with Crippen molar-refractivity contribution in [2.24, 2.45) is 5.84 Å². The van der Waals surface area contributed by atoms with Crippen LogP contribution in [-0.2, 0) is 10.0 Å². The number of halogens is 1. The fourth-order valence-electron chi connectivity index (χ4n) is 2.38. The van der Waals surface area contributed by atoms with Crippen molar-refractivity contribution in [2.45, 2.75) is 4.90 Å². The molecule has 0 aliphatic carbocycles. The van der Waals surface area contributed by atoms with Gasteiger partial charge < -0.3 is 4.98 Å². The predicted octanol–water partition coefficient (Wildman–Crippen LogP) is 0.524. The van der Waals surface area contributed by atoms with Gasteiger partial charge >= 0.3 is 5.69 Å². The van der Waals surface area contributed by atoms with Gasteiger partial charge in [0.25, 0.3) is 21.5 Å². The number of nitrogens with two attached hydrogens (primary N) is 1. The second-order valence-corrected chi connectivity index (χ2v) is 7.42. The highest BCUT2D eigenvalue weighted by molar-refractivity contribution is 7.92. The van der Waals surface area contributed by atoms with Crippen molar-refractivity contribution >= 4 is 27.3 Å². The van der Waals surface area contributed by atoms with Crippen LogP contribution in [0.2, 0.25) is 0 Å². The number of hydrogen-bond acceptors (Lipinski definition) is 6. The van der Waals surface area contributed by atoms with Crippen LogP contribution in [0.4, 0.5) is 15.8 Å². The Morgan fingerprint density at radius 1 is 1.10 bits per heavy atom. The van der Waals surface area contributed by atoms with E-state index in [1.54, 1.807) is 0 Å². The van der Waals surface area contributed by atoms with Crippen LogP contribution in [0.15, 0.2) is 69.2 Å². The maximum Gasteiger partial charge on any atom is 0.325 e. The van der Waals surface area contributed by atoms with Crippen LogP contribution < -0.4 is 26.8 Å². The lowest BCUT2D eigenvalue weighted by atomic mass is 10.2. The van der Waals surface area contributed by atoms with Gasteiger partial charge in [0, 0.05) is 17.4 Å². The van der Waals surface area contributed by atoms with Gasteiger partial charge in [-0.25, -0.2) is 28.5 Å². The van der Waals surface area contributed by atoms with Crippen LogP contribution in [0, 0.1) is 5.82 Å². The Morgan fingerprint density at radius 3 is 2.45 bits per heavy atom. The van der Waals surface area contributed by atoms with Crippen LogP contribution in [-0.4, -0.2) is 24.3 Å². The molecule has 10 nitrogen and oxygen atoms in total. The molecular formula is C17H14FN5O5S. The number of benzene rings is 2. The van der Waals surface area contributed by atoms with E-state index in [0.717, 1.165) is 23.3 Å². The molecule has 1 aromatic heterocycles. The van der Waals surface area contributed by atoms with Crippen LogP contribution in [0.5, 0.6) is 0 Å². The van der Waals surface area contributed by atoms with Gasteiger partial charge in [0.15, 0.2) is 4.90 Å². The number of H-pyrrole nitrogens is 2. The summed E-state index contributed by atoms with van der Waals surface area (Å²) in [7, 11) is -4.34. The maximum absolute atomic E-state index is 13.0. The highest BCUT2D eigenvalue weighted by Gasteiger charge is 2.20. The van der Waals surface area contributed by atoms with Crippen molar-refractivity contribution in [1.29, 1.82) is 0 Å². The van der Waals surface area contributed by atoms with E-state index in [4.69, 9.17) is 5.84 Å². The first-order valence-corrected chi connectivity index (χ1v) is 9.45. The van der Waals surface area contributed by atoms with E-state index in [9.17, 15) is 27.2 Å². The monoisotopic (exact) mass is 419 g/mol. The Balaban J connectivity index is 1.87. The quantitative estimate of drug-likeness (QED) is 0.268. The molecule has 0 fully saturated rings. The molecular weight excluding hydrogens is 405 g/mol. The van der Waals surface area contributed by atoms with Gasteiger partial charge in [-0.15, -0.1) is 0 Å². The van der Waals surface area contributed by atoms with Crippen molar-refractivity contribution in [1.82, 2.24) is 9.97 Å². The number of rotatable bonds is 5. The largest absolute Gasteiger partial charge is 0.325 e. The molecule has 0 aliphatic rings. The summed E-state index contributed by atoms with van der Waals surface area (Å²) in [5.74, 6) is 4.59. The first kappa shape index (κ1) is 20.0. The molecule has 2 aromatic carbocycles. The lowest BCUT2D eigenvalue weighted by Gasteiger charge is -2.17. The lowest BCUT2D eigenvalue weighted by molar-refractivity contribution is 0.0987. The van der Waals surface area contributed by atoms with E-state index in [2.05, 4.69) is 9.71 Å². The number of amides is 1. The zero-order valence-corrected chi connectivity index (χ0v) is 15.4. The van der Waals surface area contributed by atoms with Crippen LogP contribution in [0.25, 0.3) is 0 Å². The molecule has 1 amide bonds. The van der Waals surface area contributed by atoms with Gasteiger partial charge in [-0.1, -0.05) is 6.07 Å². The number of carbonyl (C=O) groups is 1. The summed E-state index contributed by atoms with van der Waals surface area (Å²) in [5.41, 5.74) is -1.72. The average molecular weight is 419 g/mol. The van der Waals surface area contributed by atoms with Crippen LogP contribution in [0.3, 0.4) is 0 Å². The second-order valence-electron chi connectivity index (χ2n) is 5.77. The van der Waals surface area contributed by atoms with E-state index in [0.29, 0.717) is 0 Å². The molecule has 0 spiro atoms. The summed E-state index contributed by atoms with van der Waals surface area (Å²) in [6.07, 6.45) is 0.759. The van der Waals surface area contributed by atoms with E-state index < -0.39 is 37.9 Å². The first-order chi connectivity index (χ1) is 13.7. The minimum atomic E-state index is -4.34. The first-order valence-electron chi connectivity index (χ1n) is 7.97. The summed E-state index contributed by atoms with van der Waals surface area (Å²) in [4.78, 5) is 38.5. The van der Waals surface area contributed by atoms with E-state index in [1.807, 2.05) is 4.98 Å². The number of nitrogens with one attached hydrogen (secondary N) is 3. The van der Waals surface area contributed by atoms with Crippen molar-refractivity contribution in [3.8, 4) is 0 Å². The number of aromatic nitrogens is 2. The molecule has 12 heteroatoms. The second kappa shape index (κ2) is 7.69. The summed E-state index contributed by atoms with van der Waals surface area (Å²) >= 11 is 0. The smallest absolute Gasteiger partial charge is 0.313 e. The Kier molecular flexibility index (Phi) is 5.30. The molecule has 0 saturated heterocycles. The fraction of sp³-hybridized carbons (Fsp3) is 0. The zero-order valence-electron chi connectivity index (χ0n) is 14.5. The average Bonchev–Trinajstić information content (AvgIpc) is 2.67. The molecule has 3 aromatic rings. The number of carbonyl (C=O) groups excluding carboxylic acids is 1. The molecule has 0 atom stereocenters. The third-order valence-electron chi connectivity index (χ3n) is 3.76. The van der Waals surface area contributed by atoms with Gasteiger partial charge in [-0.05, 0) is 42.5 Å². The number of sulfonamides is 1.